The number of benzene rings is 10. The lowest BCUT2D eigenvalue weighted by molar-refractivity contribution is 0.0201. The molecule has 4 aliphatic rings. The van der Waals surface area contributed by atoms with E-state index in [0.29, 0.717) is 13.1 Å². The molecule has 10 aromatic rings. The SMILES string of the molecule is COc1cc2c(-c3cccc4cc(-c5ccc6c(c5)C(C)(C)[C@]5(CNc7c(ccc8ccccc78)O5)N6C)c(OC)cc34)cccc2cc1-c1ccc2c(c1)C(C)(C)[C@]1(CNc3c(ccc4ccccc34)O1)N2C. The van der Waals surface area contributed by atoms with Crippen LogP contribution in [0.3, 0.4) is 0 Å². The monoisotopic (exact) mass is 970 g/mol. The van der Waals surface area contributed by atoms with Crippen molar-refractivity contribution in [3.63, 3.8) is 0 Å². The zero-order valence-corrected chi connectivity index (χ0v) is 43.1. The maximum atomic E-state index is 7.16. The molecule has 0 saturated carbocycles. The normalized spacial score (nSPS) is 19.7. The van der Waals surface area contributed by atoms with E-state index in [1.807, 2.05) is 0 Å². The van der Waals surface area contributed by atoms with Crippen molar-refractivity contribution in [2.24, 2.45) is 0 Å². The minimum Gasteiger partial charge on any atom is -0.496 e. The Morgan fingerprint density at radius 1 is 0.419 bits per heavy atom. The van der Waals surface area contributed by atoms with E-state index in [-0.39, 0.29) is 10.8 Å². The Kier molecular flexibility index (Phi) is 9.34. The summed E-state index contributed by atoms with van der Waals surface area (Å²) in [6.07, 6.45) is 0. The summed E-state index contributed by atoms with van der Waals surface area (Å²) in [6, 6.07) is 61.4. The lowest BCUT2D eigenvalue weighted by Gasteiger charge is -2.49. The maximum absolute atomic E-state index is 7.16. The molecule has 0 bridgehead atoms. The molecular formula is C66H58N4O4. The molecule has 0 fully saturated rings. The van der Waals surface area contributed by atoms with Gasteiger partial charge in [0.1, 0.15) is 23.0 Å². The van der Waals surface area contributed by atoms with E-state index < -0.39 is 11.4 Å². The second-order valence-corrected chi connectivity index (χ2v) is 21.8. The standard InChI is InChI=1S/C66H58N4O4/c1-63(2)53-33-43(23-27-55(53)69(5)65(63)37-67-61-45-19-11-9-15-39(45)25-29-57(61)73-65)51-31-41-17-13-21-47(49(41)35-59(51)71-7)48-22-14-18-42-32-52(60(72-8)36-50(42)48)44-24-28-56-54(34-44)64(3,4)66(70(56)6)38-68-62-46-20-12-10-16-40(46)26-30-58(62)74-66/h9-36,67-68H,37-38H2,1-8H3/t65-,66-/m1/s1. The summed E-state index contributed by atoms with van der Waals surface area (Å²) in [5.74, 6) is 3.39. The first kappa shape index (κ1) is 44.3. The van der Waals surface area contributed by atoms with Crippen LogP contribution in [0.5, 0.6) is 23.0 Å². The largest absolute Gasteiger partial charge is 0.496 e. The van der Waals surface area contributed by atoms with Crippen LogP contribution < -0.4 is 39.4 Å². The van der Waals surface area contributed by atoms with E-state index in [4.69, 9.17) is 18.9 Å². The van der Waals surface area contributed by atoms with Crippen molar-refractivity contribution < 1.29 is 18.9 Å². The number of fused-ring (bicyclic) bond motifs is 10. The molecule has 4 aliphatic heterocycles. The van der Waals surface area contributed by atoms with Crippen LogP contribution in [0.2, 0.25) is 0 Å². The Bertz CT molecular complexity index is 3770. The molecule has 366 valence electrons. The molecule has 10 aromatic carbocycles. The first-order valence-corrected chi connectivity index (χ1v) is 25.7. The molecule has 4 heterocycles. The summed E-state index contributed by atoms with van der Waals surface area (Å²) in [5, 5.41) is 16.9. The van der Waals surface area contributed by atoms with Gasteiger partial charge in [0, 0.05) is 47.4 Å². The lowest BCUT2D eigenvalue weighted by atomic mass is 9.76. The fraction of sp³-hybridized carbons (Fsp3) is 0.212. The number of hydrogen-bond acceptors (Lipinski definition) is 8. The van der Waals surface area contributed by atoms with Gasteiger partial charge in [0.2, 0.25) is 11.4 Å². The van der Waals surface area contributed by atoms with E-state index in [2.05, 4.69) is 232 Å². The number of ether oxygens (including phenoxy) is 4. The minimum atomic E-state index is -0.640. The van der Waals surface area contributed by atoms with Crippen LogP contribution in [0.1, 0.15) is 38.8 Å². The Labute approximate surface area is 432 Å². The maximum Gasteiger partial charge on any atom is 0.209 e. The number of methoxy groups -OCH3 is 2. The van der Waals surface area contributed by atoms with Gasteiger partial charge in [-0.05, 0) is 154 Å². The van der Waals surface area contributed by atoms with E-state index >= 15 is 0 Å². The molecule has 0 aromatic heterocycles. The van der Waals surface area contributed by atoms with Gasteiger partial charge in [0.15, 0.2) is 0 Å². The highest BCUT2D eigenvalue weighted by Crippen LogP contribution is 2.58. The third-order valence-electron chi connectivity index (χ3n) is 17.8. The first-order chi connectivity index (χ1) is 35.9. The van der Waals surface area contributed by atoms with Gasteiger partial charge in [-0.25, -0.2) is 0 Å². The summed E-state index contributed by atoms with van der Waals surface area (Å²) in [5.41, 5.74) is 11.4. The third-order valence-corrected chi connectivity index (χ3v) is 17.8. The van der Waals surface area contributed by atoms with E-state index in [1.165, 1.54) is 32.7 Å². The van der Waals surface area contributed by atoms with Crippen LogP contribution in [-0.4, -0.2) is 52.9 Å². The number of nitrogens with one attached hydrogen (secondary N) is 2. The fourth-order valence-corrected chi connectivity index (χ4v) is 13.5. The van der Waals surface area contributed by atoms with Gasteiger partial charge in [0.25, 0.3) is 0 Å². The van der Waals surface area contributed by atoms with E-state index in [0.717, 1.165) is 101 Å². The lowest BCUT2D eigenvalue weighted by Crippen LogP contribution is -2.64. The molecule has 0 unspecified atom stereocenters. The van der Waals surface area contributed by atoms with Crippen molar-refractivity contribution >= 4 is 65.8 Å². The van der Waals surface area contributed by atoms with Crippen molar-refractivity contribution in [2.45, 2.75) is 50.0 Å². The summed E-state index contributed by atoms with van der Waals surface area (Å²) in [6.45, 7) is 10.5. The van der Waals surface area contributed by atoms with Gasteiger partial charge in [-0.3, -0.25) is 0 Å². The molecule has 8 nitrogen and oxygen atoms in total. The van der Waals surface area contributed by atoms with Crippen molar-refractivity contribution in [3.8, 4) is 56.4 Å². The Balaban J connectivity index is 0.804. The van der Waals surface area contributed by atoms with Crippen LogP contribution in [0.4, 0.5) is 22.7 Å². The van der Waals surface area contributed by atoms with Gasteiger partial charge in [-0.15, -0.1) is 0 Å². The van der Waals surface area contributed by atoms with Gasteiger partial charge in [0.05, 0.1) is 49.5 Å². The van der Waals surface area contributed by atoms with Gasteiger partial charge in [-0.1, -0.05) is 109 Å². The highest BCUT2D eigenvalue weighted by Gasteiger charge is 2.61. The highest BCUT2D eigenvalue weighted by molar-refractivity contribution is 6.09. The molecule has 2 N–H and O–H groups in total. The predicted molar refractivity (Wildman–Crippen MR) is 305 cm³/mol. The van der Waals surface area contributed by atoms with Crippen LogP contribution >= 0.6 is 0 Å². The van der Waals surface area contributed by atoms with Crippen molar-refractivity contribution in [1.82, 2.24) is 0 Å². The van der Waals surface area contributed by atoms with Gasteiger partial charge >= 0.3 is 0 Å². The van der Waals surface area contributed by atoms with Crippen molar-refractivity contribution in [2.75, 3.05) is 61.8 Å². The molecule has 0 amide bonds. The molecule has 2 spiro atoms. The van der Waals surface area contributed by atoms with Crippen molar-refractivity contribution in [1.29, 1.82) is 0 Å². The summed E-state index contributed by atoms with van der Waals surface area (Å²) < 4.78 is 26.9. The molecular weight excluding hydrogens is 913 g/mol. The zero-order chi connectivity index (χ0) is 50.5. The second-order valence-electron chi connectivity index (χ2n) is 21.8. The van der Waals surface area contributed by atoms with Crippen LogP contribution in [-0.2, 0) is 10.8 Å². The molecule has 14 rings (SSSR count). The number of likely N-dealkylation sites (N-methyl/N-ethyl adjacent to an activating group) is 2. The first-order valence-electron chi connectivity index (χ1n) is 25.7. The number of hydrogen-bond donors (Lipinski definition) is 2. The molecule has 2 atom stereocenters. The molecule has 0 radical (unpaired) electrons. The van der Waals surface area contributed by atoms with E-state index in [1.54, 1.807) is 14.2 Å². The average molecular weight is 971 g/mol. The van der Waals surface area contributed by atoms with Gasteiger partial charge < -0.3 is 39.4 Å². The quantitative estimate of drug-likeness (QED) is 0.177. The summed E-state index contributed by atoms with van der Waals surface area (Å²) in [7, 11) is 7.88. The zero-order valence-electron chi connectivity index (χ0n) is 43.1. The van der Waals surface area contributed by atoms with E-state index in [9.17, 15) is 0 Å². The highest BCUT2D eigenvalue weighted by atomic mass is 16.5. The molecule has 0 aliphatic carbocycles. The summed E-state index contributed by atoms with van der Waals surface area (Å²) in [4.78, 5) is 4.66. The average Bonchev–Trinajstić information content (AvgIpc) is 3.69. The molecule has 0 saturated heterocycles. The topological polar surface area (TPSA) is 67.5 Å². The van der Waals surface area contributed by atoms with Gasteiger partial charge in [-0.2, -0.15) is 0 Å². The van der Waals surface area contributed by atoms with Crippen molar-refractivity contribution in [3.05, 3.63) is 181 Å². The number of nitrogens with zero attached hydrogens (tertiary/aromatic N) is 2. The smallest absolute Gasteiger partial charge is 0.209 e. The van der Waals surface area contributed by atoms with Crippen LogP contribution in [0.15, 0.2) is 170 Å². The third kappa shape index (κ3) is 5.90. The Hall–Kier alpha value is -8.36. The number of anilines is 4. The molecule has 8 heteroatoms. The van der Waals surface area contributed by atoms with Crippen LogP contribution in [0.25, 0.3) is 76.5 Å². The minimum absolute atomic E-state index is 0.377. The predicted octanol–water partition coefficient (Wildman–Crippen LogP) is 15.2. The second kappa shape index (κ2) is 15.6. The molecule has 74 heavy (non-hydrogen) atoms. The van der Waals surface area contributed by atoms with Crippen LogP contribution in [0, 0.1) is 0 Å². The Morgan fingerprint density at radius 3 is 1.27 bits per heavy atom. The number of rotatable bonds is 5. The Morgan fingerprint density at radius 2 is 0.838 bits per heavy atom. The fourth-order valence-electron chi connectivity index (χ4n) is 13.5. The summed E-state index contributed by atoms with van der Waals surface area (Å²) >= 11 is 0.